The minimum absolute atomic E-state index is 0.00296. The number of hydrogen-bond acceptors (Lipinski definition) is 3. The average Bonchev–Trinajstić information content (AvgIpc) is 2.86. The first-order valence-electron chi connectivity index (χ1n) is 12.8. The molecule has 3 aromatic carbocycles. The first kappa shape index (κ1) is 27.1. The van der Waals surface area contributed by atoms with Crippen molar-refractivity contribution >= 4 is 11.8 Å². The summed E-state index contributed by atoms with van der Waals surface area (Å²) in [5.41, 5.74) is 4.47. The molecule has 0 aliphatic rings. The molecule has 0 radical (unpaired) electrons. The second-order valence-electron chi connectivity index (χ2n) is 9.23. The topological polar surface area (TPSA) is 63.6 Å². The van der Waals surface area contributed by atoms with Crippen LogP contribution in [0.15, 0.2) is 66.7 Å². The quantitative estimate of drug-likeness (QED) is 0.182. The normalized spacial score (nSPS) is 11.8. The number of benzene rings is 3. The molecule has 36 heavy (non-hydrogen) atoms. The second kappa shape index (κ2) is 13.6. The minimum atomic E-state index is -0.887. The minimum Gasteiger partial charge on any atom is -0.486 e. The summed E-state index contributed by atoms with van der Waals surface area (Å²) < 4.78 is 19.9. The number of carboxylic acid groups (broad SMARTS) is 1. The molecule has 3 aromatic rings. The number of carbonyl (C=O) groups excluding carboxylic acids is 1. The number of hydrogen-bond donors (Lipinski definition) is 1. The van der Waals surface area contributed by atoms with E-state index in [0.29, 0.717) is 12.0 Å². The van der Waals surface area contributed by atoms with Crippen molar-refractivity contribution in [3.8, 4) is 16.9 Å². The molecule has 0 spiro atoms. The summed E-state index contributed by atoms with van der Waals surface area (Å²) in [5.74, 6) is -0.417. The van der Waals surface area contributed by atoms with Crippen molar-refractivity contribution < 1.29 is 23.8 Å². The highest BCUT2D eigenvalue weighted by Gasteiger charge is 2.15. The standard InChI is InChI=1S/C31H35FO4/c1-3-4-5-6-9-30(25-13-11-24(12-14-25)29(33)8-7-10-31(34)35)36-27-18-15-23(16-19-27)28-20-17-26(32)21-22(28)2/h11-21,30H,3-10H2,1-2H3,(H,34,35). The molecule has 0 saturated carbocycles. The molecule has 1 atom stereocenters. The number of aliphatic carboxylic acids is 1. The molecule has 0 aromatic heterocycles. The smallest absolute Gasteiger partial charge is 0.303 e. The summed E-state index contributed by atoms with van der Waals surface area (Å²) in [6.07, 6.45) is 5.81. The monoisotopic (exact) mass is 490 g/mol. The van der Waals surface area contributed by atoms with Gasteiger partial charge in [0.25, 0.3) is 0 Å². The fraction of sp³-hybridized carbons (Fsp3) is 0.355. The van der Waals surface area contributed by atoms with E-state index in [-0.39, 0.29) is 30.5 Å². The summed E-state index contributed by atoms with van der Waals surface area (Å²) in [6, 6.07) is 20.1. The average molecular weight is 491 g/mol. The maximum absolute atomic E-state index is 13.5. The zero-order valence-electron chi connectivity index (χ0n) is 21.1. The van der Waals surface area contributed by atoms with Crippen LogP contribution in [0.5, 0.6) is 5.75 Å². The molecule has 3 rings (SSSR count). The van der Waals surface area contributed by atoms with Crippen molar-refractivity contribution in [3.63, 3.8) is 0 Å². The molecule has 190 valence electrons. The molecule has 5 heteroatoms. The fourth-order valence-corrected chi connectivity index (χ4v) is 4.31. The van der Waals surface area contributed by atoms with Gasteiger partial charge in [0.05, 0.1) is 0 Å². The maximum Gasteiger partial charge on any atom is 0.303 e. The Hall–Kier alpha value is -3.47. The van der Waals surface area contributed by atoms with Crippen LogP contribution in [0.2, 0.25) is 0 Å². The van der Waals surface area contributed by atoms with Gasteiger partial charge in [0, 0.05) is 18.4 Å². The van der Waals surface area contributed by atoms with E-state index in [1.165, 1.54) is 18.6 Å². The molecule has 0 bridgehead atoms. The summed E-state index contributed by atoms with van der Waals surface area (Å²) in [4.78, 5) is 23.1. The van der Waals surface area contributed by atoms with Crippen molar-refractivity contribution in [3.05, 3.63) is 89.2 Å². The Bertz CT molecular complexity index is 1140. The third kappa shape index (κ3) is 8.04. The highest BCUT2D eigenvalue weighted by molar-refractivity contribution is 5.96. The summed E-state index contributed by atoms with van der Waals surface area (Å²) >= 11 is 0. The lowest BCUT2D eigenvalue weighted by molar-refractivity contribution is -0.137. The molecule has 0 fully saturated rings. The van der Waals surface area contributed by atoms with Gasteiger partial charge in [-0.15, -0.1) is 0 Å². The van der Waals surface area contributed by atoms with Gasteiger partial charge in [-0.1, -0.05) is 68.7 Å². The number of carboxylic acids is 1. The Morgan fingerprint density at radius 2 is 1.61 bits per heavy atom. The maximum atomic E-state index is 13.5. The molecule has 1 N–H and O–H groups in total. The zero-order chi connectivity index (χ0) is 25.9. The van der Waals surface area contributed by atoms with E-state index >= 15 is 0 Å². The lowest BCUT2D eigenvalue weighted by atomic mass is 9.98. The van der Waals surface area contributed by atoms with Crippen LogP contribution < -0.4 is 4.74 Å². The predicted molar refractivity (Wildman–Crippen MR) is 141 cm³/mol. The van der Waals surface area contributed by atoms with Gasteiger partial charge in [-0.25, -0.2) is 4.39 Å². The number of ether oxygens (including phenoxy) is 1. The number of aryl methyl sites for hydroxylation is 1. The highest BCUT2D eigenvalue weighted by Crippen LogP contribution is 2.30. The number of Topliss-reactive ketones (excluding diaryl/α,β-unsaturated/α-hetero) is 1. The molecular weight excluding hydrogens is 455 g/mol. The van der Waals surface area contributed by atoms with E-state index in [1.54, 1.807) is 18.2 Å². The van der Waals surface area contributed by atoms with E-state index in [9.17, 15) is 14.0 Å². The van der Waals surface area contributed by atoms with E-state index in [0.717, 1.165) is 53.7 Å². The van der Waals surface area contributed by atoms with E-state index in [2.05, 4.69) is 6.92 Å². The number of carbonyl (C=O) groups is 2. The van der Waals surface area contributed by atoms with E-state index < -0.39 is 5.97 Å². The fourth-order valence-electron chi connectivity index (χ4n) is 4.31. The van der Waals surface area contributed by atoms with Gasteiger partial charge >= 0.3 is 5.97 Å². The highest BCUT2D eigenvalue weighted by atomic mass is 19.1. The van der Waals surface area contributed by atoms with E-state index in [4.69, 9.17) is 9.84 Å². The molecule has 0 aliphatic carbocycles. The third-order valence-electron chi connectivity index (χ3n) is 6.35. The van der Waals surface area contributed by atoms with Crippen LogP contribution in [0.25, 0.3) is 11.1 Å². The molecule has 0 heterocycles. The number of rotatable bonds is 14. The molecule has 0 saturated heterocycles. The Balaban J connectivity index is 1.71. The lowest BCUT2D eigenvalue weighted by Gasteiger charge is -2.20. The van der Waals surface area contributed by atoms with Gasteiger partial charge in [-0.2, -0.15) is 0 Å². The number of halogens is 1. The second-order valence-corrected chi connectivity index (χ2v) is 9.23. The van der Waals surface area contributed by atoms with Gasteiger partial charge in [0.2, 0.25) is 0 Å². The molecule has 0 amide bonds. The van der Waals surface area contributed by atoms with Crippen molar-refractivity contribution in [2.24, 2.45) is 0 Å². The number of unbranched alkanes of at least 4 members (excludes halogenated alkanes) is 3. The summed E-state index contributed by atoms with van der Waals surface area (Å²) in [7, 11) is 0. The van der Waals surface area contributed by atoms with Crippen LogP contribution in [0.3, 0.4) is 0 Å². The van der Waals surface area contributed by atoms with Crippen LogP contribution in [0, 0.1) is 12.7 Å². The Morgan fingerprint density at radius 1 is 0.889 bits per heavy atom. The molecule has 0 aliphatic heterocycles. The van der Waals surface area contributed by atoms with Crippen LogP contribution in [-0.2, 0) is 4.79 Å². The van der Waals surface area contributed by atoms with Gasteiger partial charge in [-0.3, -0.25) is 9.59 Å². The van der Waals surface area contributed by atoms with Crippen molar-refractivity contribution in [1.82, 2.24) is 0 Å². The Labute approximate surface area is 213 Å². The predicted octanol–water partition coefficient (Wildman–Crippen LogP) is 8.33. The molecule has 4 nitrogen and oxygen atoms in total. The van der Waals surface area contributed by atoms with Gasteiger partial charge < -0.3 is 9.84 Å². The number of ketones is 1. The largest absolute Gasteiger partial charge is 0.486 e. The summed E-state index contributed by atoms with van der Waals surface area (Å²) in [6.45, 7) is 4.08. The summed E-state index contributed by atoms with van der Waals surface area (Å²) in [5, 5.41) is 8.78. The van der Waals surface area contributed by atoms with E-state index in [1.807, 2.05) is 43.3 Å². The third-order valence-corrected chi connectivity index (χ3v) is 6.35. The Kier molecular flexibility index (Phi) is 10.2. The van der Waals surface area contributed by atoms with Gasteiger partial charge in [0.15, 0.2) is 5.78 Å². The van der Waals surface area contributed by atoms with Crippen molar-refractivity contribution in [2.45, 2.75) is 71.3 Å². The van der Waals surface area contributed by atoms with Gasteiger partial charge in [-0.05, 0) is 72.7 Å². The van der Waals surface area contributed by atoms with Crippen LogP contribution in [-0.4, -0.2) is 16.9 Å². The van der Waals surface area contributed by atoms with Crippen molar-refractivity contribution in [2.75, 3.05) is 0 Å². The Morgan fingerprint density at radius 3 is 2.25 bits per heavy atom. The lowest BCUT2D eigenvalue weighted by Crippen LogP contribution is -2.09. The zero-order valence-corrected chi connectivity index (χ0v) is 21.1. The van der Waals surface area contributed by atoms with Gasteiger partial charge in [0.1, 0.15) is 17.7 Å². The van der Waals surface area contributed by atoms with Crippen molar-refractivity contribution in [1.29, 1.82) is 0 Å². The SMILES string of the molecule is CCCCCCC(Oc1ccc(-c2ccc(F)cc2C)cc1)c1ccc(C(=O)CCCC(=O)O)cc1. The first-order chi connectivity index (χ1) is 17.4. The van der Waals surface area contributed by atoms with Crippen LogP contribution in [0.4, 0.5) is 4.39 Å². The van der Waals surface area contributed by atoms with Crippen LogP contribution in [0.1, 0.15) is 85.9 Å². The first-order valence-corrected chi connectivity index (χ1v) is 12.8. The van der Waals surface area contributed by atoms with Crippen LogP contribution >= 0.6 is 0 Å². The molecule has 1 unspecified atom stereocenters. The molecular formula is C31H35FO4.